The summed E-state index contributed by atoms with van der Waals surface area (Å²) >= 11 is 0. The van der Waals surface area contributed by atoms with Crippen molar-refractivity contribution in [2.24, 2.45) is 0 Å². The molecule has 1 aromatic rings. The van der Waals surface area contributed by atoms with Crippen LogP contribution in [0.1, 0.15) is 102 Å². The van der Waals surface area contributed by atoms with Crippen LogP contribution in [-0.4, -0.2) is 22.7 Å². The monoisotopic (exact) mass is 417 g/mol. The van der Waals surface area contributed by atoms with Crippen LogP contribution in [0, 0.1) is 0 Å². The number of hydrogen-bond donors (Lipinski definition) is 3. The third-order valence-electron chi connectivity index (χ3n) is 5.42. The number of hydrogen-bond acceptors (Lipinski definition) is 3. The summed E-state index contributed by atoms with van der Waals surface area (Å²) in [6, 6.07) is 4.49. The molecule has 0 aliphatic heterocycles. The van der Waals surface area contributed by atoms with Gasteiger partial charge in [0.05, 0.1) is 6.42 Å². The molecule has 0 aromatic heterocycles. The first kappa shape index (κ1) is 26.1. The van der Waals surface area contributed by atoms with Crippen molar-refractivity contribution in [2.45, 2.75) is 103 Å². The third kappa shape index (κ3) is 14.1. The Labute approximate surface area is 183 Å². The number of allylic oxidation sites excluding steroid dienone is 2. The SMILES string of the molecule is CCCCCCCC/C=C\CCCCCCCCNC(=O)Cc1ccc(O)c(O)c1. The van der Waals surface area contributed by atoms with Gasteiger partial charge >= 0.3 is 0 Å². The fourth-order valence-corrected chi connectivity index (χ4v) is 3.53. The minimum absolute atomic E-state index is 0.0483. The maximum atomic E-state index is 11.9. The second-order valence-electron chi connectivity index (χ2n) is 8.29. The Morgan fingerprint density at radius 3 is 1.97 bits per heavy atom. The lowest BCUT2D eigenvalue weighted by molar-refractivity contribution is -0.120. The van der Waals surface area contributed by atoms with Crippen LogP contribution in [0.25, 0.3) is 0 Å². The molecule has 1 rings (SSSR count). The largest absolute Gasteiger partial charge is 0.504 e. The lowest BCUT2D eigenvalue weighted by Crippen LogP contribution is -2.26. The zero-order valence-electron chi connectivity index (χ0n) is 19.0. The van der Waals surface area contributed by atoms with E-state index in [1.54, 1.807) is 6.07 Å². The summed E-state index contributed by atoms with van der Waals surface area (Å²) in [5.74, 6) is -0.398. The smallest absolute Gasteiger partial charge is 0.224 e. The highest BCUT2D eigenvalue weighted by Gasteiger charge is 2.05. The molecule has 1 amide bonds. The van der Waals surface area contributed by atoms with E-state index in [2.05, 4.69) is 24.4 Å². The van der Waals surface area contributed by atoms with Gasteiger partial charge in [-0.1, -0.05) is 82.9 Å². The van der Waals surface area contributed by atoms with Gasteiger partial charge in [-0.3, -0.25) is 4.79 Å². The molecule has 0 spiro atoms. The molecule has 0 aliphatic rings. The summed E-state index contributed by atoms with van der Waals surface area (Å²) in [6.07, 6.45) is 22.8. The molecule has 0 heterocycles. The van der Waals surface area contributed by atoms with Crippen molar-refractivity contribution >= 4 is 5.91 Å². The van der Waals surface area contributed by atoms with Crippen molar-refractivity contribution < 1.29 is 15.0 Å². The molecule has 0 saturated carbocycles. The predicted octanol–water partition coefficient (Wildman–Crippen LogP) is 6.79. The number of rotatable bonds is 18. The first-order valence-electron chi connectivity index (χ1n) is 12.1. The van der Waals surface area contributed by atoms with E-state index in [-0.39, 0.29) is 23.8 Å². The van der Waals surface area contributed by atoms with Crippen LogP contribution in [0.4, 0.5) is 0 Å². The van der Waals surface area contributed by atoms with Gasteiger partial charge in [0.2, 0.25) is 5.91 Å². The van der Waals surface area contributed by atoms with Crippen LogP contribution in [0.3, 0.4) is 0 Å². The number of benzene rings is 1. The van der Waals surface area contributed by atoms with Crippen molar-refractivity contribution in [3.63, 3.8) is 0 Å². The van der Waals surface area contributed by atoms with Gasteiger partial charge in [0.25, 0.3) is 0 Å². The summed E-state index contributed by atoms with van der Waals surface area (Å²) in [5, 5.41) is 21.7. The number of unbranched alkanes of at least 4 members (excludes halogenated alkanes) is 12. The highest BCUT2D eigenvalue weighted by atomic mass is 16.3. The average Bonchev–Trinajstić information content (AvgIpc) is 2.73. The van der Waals surface area contributed by atoms with Crippen molar-refractivity contribution in [1.82, 2.24) is 5.32 Å². The number of amides is 1. The zero-order chi connectivity index (χ0) is 21.9. The zero-order valence-corrected chi connectivity index (χ0v) is 19.0. The number of phenolic OH excluding ortho intramolecular Hbond substituents is 2. The van der Waals surface area contributed by atoms with E-state index in [1.807, 2.05) is 0 Å². The Bertz CT molecular complexity index is 598. The van der Waals surface area contributed by atoms with Crippen LogP contribution in [-0.2, 0) is 11.2 Å². The molecule has 4 nitrogen and oxygen atoms in total. The van der Waals surface area contributed by atoms with E-state index < -0.39 is 0 Å². The number of phenols is 2. The van der Waals surface area contributed by atoms with Gasteiger partial charge in [-0.2, -0.15) is 0 Å². The Morgan fingerprint density at radius 1 is 0.800 bits per heavy atom. The second kappa shape index (κ2) is 17.9. The Hall–Kier alpha value is -1.97. The molecular formula is C26H43NO3. The van der Waals surface area contributed by atoms with E-state index in [1.165, 1.54) is 89.2 Å². The van der Waals surface area contributed by atoms with Crippen molar-refractivity contribution in [3.8, 4) is 11.5 Å². The van der Waals surface area contributed by atoms with Crippen LogP contribution in [0.15, 0.2) is 30.4 Å². The van der Waals surface area contributed by atoms with Crippen molar-refractivity contribution in [2.75, 3.05) is 6.54 Å². The first-order chi connectivity index (χ1) is 14.6. The molecule has 0 saturated heterocycles. The van der Waals surface area contributed by atoms with Gasteiger partial charge in [-0.15, -0.1) is 0 Å². The van der Waals surface area contributed by atoms with Gasteiger partial charge in [-0.25, -0.2) is 0 Å². The lowest BCUT2D eigenvalue weighted by atomic mass is 10.1. The molecule has 0 atom stereocenters. The van der Waals surface area contributed by atoms with Crippen LogP contribution < -0.4 is 5.32 Å². The van der Waals surface area contributed by atoms with Crippen LogP contribution in [0.5, 0.6) is 11.5 Å². The third-order valence-corrected chi connectivity index (χ3v) is 5.42. The molecule has 0 radical (unpaired) electrons. The summed E-state index contributed by atoms with van der Waals surface area (Å²) in [5.41, 5.74) is 0.698. The fourth-order valence-electron chi connectivity index (χ4n) is 3.53. The summed E-state index contributed by atoms with van der Waals surface area (Å²) < 4.78 is 0. The van der Waals surface area contributed by atoms with E-state index in [0.29, 0.717) is 12.1 Å². The summed E-state index contributed by atoms with van der Waals surface area (Å²) in [6.45, 7) is 2.96. The number of aromatic hydroxyl groups is 2. The van der Waals surface area contributed by atoms with Gasteiger partial charge in [0.1, 0.15) is 0 Å². The predicted molar refractivity (Wildman–Crippen MR) is 126 cm³/mol. The van der Waals surface area contributed by atoms with E-state index >= 15 is 0 Å². The molecule has 3 N–H and O–H groups in total. The van der Waals surface area contributed by atoms with Crippen molar-refractivity contribution in [3.05, 3.63) is 35.9 Å². The minimum atomic E-state index is -0.186. The Kier molecular flexibility index (Phi) is 15.5. The molecular weight excluding hydrogens is 374 g/mol. The topological polar surface area (TPSA) is 69.6 Å². The van der Waals surface area contributed by atoms with Gasteiger partial charge < -0.3 is 15.5 Å². The number of carbonyl (C=O) groups is 1. The molecule has 1 aromatic carbocycles. The minimum Gasteiger partial charge on any atom is -0.504 e. The molecule has 0 unspecified atom stereocenters. The lowest BCUT2D eigenvalue weighted by Gasteiger charge is -2.06. The molecule has 30 heavy (non-hydrogen) atoms. The van der Waals surface area contributed by atoms with Gasteiger partial charge in [-0.05, 0) is 49.8 Å². The van der Waals surface area contributed by atoms with Crippen molar-refractivity contribution in [1.29, 1.82) is 0 Å². The highest BCUT2D eigenvalue weighted by Crippen LogP contribution is 2.24. The number of nitrogens with one attached hydrogen (secondary N) is 1. The molecule has 0 fully saturated rings. The Balaban J connectivity index is 1.86. The van der Waals surface area contributed by atoms with E-state index in [0.717, 1.165) is 12.8 Å². The highest BCUT2D eigenvalue weighted by molar-refractivity contribution is 5.78. The number of carbonyl (C=O) groups excluding carboxylic acids is 1. The first-order valence-corrected chi connectivity index (χ1v) is 12.1. The van der Waals surface area contributed by atoms with Gasteiger partial charge in [0, 0.05) is 6.54 Å². The second-order valence-corrected chi connectivity index (χ2v) is 8.29. The van der Waals surface area contributed by atoms with Gasteiger partial charge in [0.15, 0.2) is 11.5 Å². The normalized spacial score (nSPS) is 11.2. The van der Waals surface area contributed by atoms with E-state index in [9.17, 15) is 15.0 Å². The maximum absolute atomic E-state index is 11.9. The molecule has 4 heteroatoms. The summed E-state index contributed by atoms with van der Waals surface area (Å²) in [4.78, 5) is 11.9. The average molecular weight is 418 g/mol. The van der Waals surface area contributed by atoms with Crippen LogP contribution in [0.2, 0.25) is 0 Å². The Morgan fingerprint density at radius 2 is 1.37 bits per heavy atom. The fraction of sp³-hybridized carbons (Fsp3) is 0.654. The van der Waals surface area contributed by atoms with E-state index in [4.69, 9.17) is 0 Å². The standard InChI is InChI=1S/C26H43NO3/c1-2-3-4-5-6-7-8-9-10-11-12-13-14-15-16-17-20-27-26(30)22-23-18-19-24(28)25(29)21-23/h9-10,18-19,21,28-29H,2-8,11-17,20,22H2,1H3,(H,27,30)/b10-9-. The van der Waals surface area contributed by atoms with Crippen LogP contribution >= 0.6 is 0 Å². The maximum Gasteiger partial charge on any atom is 0.224 e. The summed E-state index contributed by atoms with van der Waals surface area (Å²) in [7, 11) is 0. The molecule has 0 bridgehead atoms. The molecule has 170 valence electrons. The molecule has 0 aliphatic carbocycles. The quantitative estimate of drug-likeness (QED) is 0.140.